The van der Waals surface area contributed by atoms with Gasteiger partial charge in [0.25, 0.3) is 0 Å². The minimum absolute atomic E-state index is 0.394. The van der Waals surface area contributed by atoms with Crippen molar-refractivity contribution in [3.8, 4) is 0 Å². The Morgan fingerprint density at radius 3 is 2.65 bits per heavy atom. The molecular weight excluding hydrogens is 208 g/mol. The van der Waals surface area contributed by atoms with Gasteiger partial charge in [-0.3, -0.25) is 0 Å². The van der Waals surface area contributed by atoms with E-state index in [2.05, 4.69) is 44.8 Å². The lowest BCUT2D eigenvalue weighted by Crippen LogP contribution is -2.41. The van der Waals surface area contributed by atoms with Gasteiger partial charge in [-0.2, -0.15) is 0 Å². The molecule has 1 aliphatic heterocycles. The fraction of sp³-hybridized carbons (Fsp3) is 1.00. The summed E-state index contributed by atoms with van der Waals surface area (Å²) in [5, 5.41) is 3.57. The van der Waals surface area contributed by atoms with E-state index in [1.165, 1.54) is 38.9 Å². The molecule has 0 aliphatic carbocycles. The van der Waals surface area contributed by atoms with Crippen molar-refractivity contribution in [2.75, 3.05) is 26.2 Å². The first-order valence-corrected chi connectivity index (χ1v) is 7.38. The van der Waals surface area contributed by atoms with Gasteiger partial charge in [0.1, 0.15) is 0 Å². The fourth-order valence-corrected chi connectivity index (χ4v) is 2.84. The van der Waals surface area contributed by atoms with Crippen LogP contribution in [0.1, 0.15) is 53.9 Å². The quantitative estimate of drug-likeness (QED) is 0.735. The van der Waals surface area contributed by atoms with Gasteiger partial charge >= 0.3 is 0 Å². The van der Waals surface area contributed by atoms with Gasteiger partial charge in [-0.1, -0.05) is 41.0 Å². The van der Waals surface area contributed by atoms with Crippen LogP contribution in [0.5, 0.6) is 0 Å². The molecule has 102 valence electrons. The summed E-state index contributed by atoms with van der Waals surface area (Å²) in [5.74, 6) is 0.967. The predicted molar refractivity (Wildman–Crippen MR) is 76.4 cm³/mol. The Hall–Kier alpha value is -0.0800. The lowest BCUT2D eigenvalue weighted by molar-refractivity contribution is 0.195. The first-order valence-electron chi connectivity index (χ1n) is 7.38. The summed E-state index contributed by atoms with van der Waals surface area (Å²) in [6, 6.07) is 0.598. The van der Waals surface area contributed by atoms with Crippen molar-refractivity contribution in [2.24, 2.45) is 11.3 Å². The van der Waals surface area contributed by atoms with Crippen LogP contribution >= 0.6 is 0 Å². The summed E-state index contributed by atoms with van der Waals surface area (Å²) < 4.78 is 0. The van der Waals surface area contributed by atoms with Gasteiger partial charge in [-0.05, 0) is 30.7 Å². The van der Waals surface area contributed by atoms with E-state index in [9.17, 15) is 0 Å². The number of nitrogens with zero attached hydrogens (tertiary/aromatic N) is 1. The van der Waals surface area contributed by atoms with Crippen molar-refractivity contribution in [3.05, 3.63) is 0 Å². The van der Waals surface area contributed by atoms with Gasteiger partial charge in [-0.25, -0.2) is 0 Å². The Balaban J connectivity index is 2.28. The molecule has 0 bridgehead atoms. The van der Waals surface area contributed by atoms with Crippen molar-refractivity contribution >= 4 is 0 Å². The number of hydrogen-bond donors (Lipinski definition) is 1. The van der Waals surface area contributed by atoms with Crippen LogP contribution in [0.25, 0.3) is 0 Å². The Labute approximate surface area is 108 Å². The summed E-state index contributed by atoms with van der Waals surface area (Å²) in [6.07, 6.45) is 4.18. The molecule has 1 heterocycles. The van der Waals surface area contributed by atoms with Crippen molar-refractivity contribution in [3.63, 3.8) is 0 Å². The molecule has 2 nitrogen and oxygen atoms in total. The average molecular weight is 240 g/mol. The highest BCUT2D eigenvalue weighted by atomic mass is 15.2. The van der Waals surface area contributed by atoms with Crippen molar-refractivity contribution in [1.82, 2.24) is 10.2 Å². The SMILES string of the molecule is CCCC1CCN(CC(C)(C)CNC(C)C)C1. The molecule has 0 aromatic rings. The zero-order valence-corrected chi connectivity index (χ0v) is 12.6. The molecule has 0 radical (unpaired) electrons. The van der Waals surface area contributed by atoms with E-state index in [4.69, 9.17) is 0 Å². The second kappa shape index (κ2) is 6.75. The molecule has 1 fully saturated rings. The van der Waals surface area contributed by atoms with E-state index in [0.29, 0.717) is 11.5 Å². The fourth-order valence-electron chi connectivity index (χ4n) is 2.84. The lowest BCUT2D eigenvalue weighted by atomic mass is 9.92. The van der Waals surface area contributed by atoms with Gasteiger partial charge in [0.15, 0.2) is 0 Å². The van der Waals surface area contributed by atoms with E-state index < -0.39 is 0 Å². The van der Waals surface area contributed by atoms with E-state index in [0.717, 1.165) is 12.5 Å². The smallest absolute Gasteiger partial charge is 0.00449 e. The first kappa shape index (κ1) is 15.0. The van der Waals surface area contributed by atoms with E-state index >= 15 is 0 Å². The zero-order valence-electron chi connectivity index (χ0n) is 12.6. The average Bonchev–Trinajstić information content (AvgIpc) is 2.63. The number of rotatable bonds is 7. The van der Waals surface area contributed by atoms with Crippen molar-refractivity contribution in [1.29, 1.82) is 0 Å². The Kier molecular flexibility index (Phi) is 5.94. The van der Waals surface area contributed by atoms with Crippen molar-refractivity contribution < 1.29 is 0 Å². The van der Waals surface area contributed by atoms with Gasteiger partial charge in [0.05, 0.1) is 0 Å². The Morgan fingerprint density at radius 1 is 1.35 bits per heavy atom. The maximum atomic E-state index is 3.57. The summed E-state index contributed by atoms with van der Waals surface area (Å²) in [6.45, 7) is 16.5. The van der Waals surface area contributed by atoms with Crippen LogP contribution in [0.15, 0.2) is 0 Å². The number of hydrogen-bond acceptors (Lipinski definition) is 2. The second-order valence-corrected chi connectivity index (χ2v) is 6.88. The van der Waals surface area contributed by atoms with Crippen LogP contribution in [0.2, 0.25) is 0 Å². The normalized spacial score (nSPS) is 22.6. The third-order valence-corrected chi connectivity index (χ3v) is 3.71. The predicted octanol–water partition coefficient (Wildman–Crippen LogP) is 3.13. The zero-order chi connectivity index (χ0) is 12.9. The van der Waals surface area contributed by atoms with Crippen LogP contribution in [0.3, 0.4) is 0 Å². The van der Waals surface area contributed by atoms with Gasteiger partial charge < -0.3 is 10.2 Å². The van der Waals surface area contributed by atoms with E-state index in [-0.39, 0.29) is 0 Å². The van der Waals surface area contributed by atoms with Gasteiger partial charge in [0, 0.05) is 25.7 Å². The monoisotopic (exact) mass is 240 g/mol. The van der Waals surface area contributed by atoms with Crippen LogP contribution in [-0.4, -0.2) is 37.1 Å². The third-order valence-electron chi connectivity index (χ3n) is 3.71. The molecule has 1 saturated heterocycles. The molecule has 0 amide bonds. The van der Waals surface area contributed by atoms with E-state index in [1.807, 2.05) is 0 Å². The molecule has 1 rings (SSSR count). The summed E-state index contributed by atoms with van der Waals surface area (Å²) in [7, 11) is 0. The number of likely N-dealkylation sites (tertiary alicyclic amines) is 1. The minimum atomic E-state index is 0.394. The minimum Gasteiger partial charge on any atom is -0.314 e. The second-order valence-electron chi connectivity index (χ2n) is 6.88. The molecule has 0 saturated carbocycles. The van der Waals surface area contributed by atoms with Crippen molar-refractivity contribution in [2.45, 2.75) is 59.9 Å². The molecule has 0 spiro atoms. The summed E-state index contributed by atoms with van der Waals surface area (Å²) in [4.78, 5) is 2.67. The Morgan fingerprint density at radius 2 is 2.06 bits per heavy atom. The third kappa shape index (κ3) is 5.87. The molecule has 1 unspecified atom stereocenters. The largest absolute Gasteiger partial charge is 0.314 e. The summed E-state index contributed by atoms with van der Waals surface area (Å²) >= 11 is 0. The molecule has 17 heavy (non-hydrogen) atoms. The molecule has 0 aromatic heterocycles. The highest BCUT2D eigenvalue weighted by molar-refractivity contribution is 4.82. The van der Waals surface area contributed by atoms with Crippen LogP contribution in [0.4, 0.5) is 0 Å². The maximum absolute atomic E-state index is 3.57. The maximum Gasteiger partial charge on any atom is 0.00449 e. The standard InChI is InChI=1S/C15H32N2/c1-6-7-14-8-9-17(10-14)12-15(4,5)11-16-13(2)3/h13-14,16H,6-12H2,1-5H3. The topological polar surface area (TPSA) is 15.3 Å². The molecule has 1 atom stereocenters. The highest BCUT2D eigenvalue weighted by Gasteiger charge is 2.27. The number of nitrogens with one attached hydrogen (secondary N) is 1. The molecule has 1 N–H and O–H groups in total. The van der Waals surface area contributed by atoms with Gasteiger partial charge in [-0.15, -0.1) is 0 Å². The Bertz CT molecular complexity index is 211. The summed E-state index contributed by atoms with van der Waals surface area (Å²) in [5.41, 5.74) is 0.394. The molecule has 1 aliphatic rings. The highest BCUT2D eigenvalue weighted by Crippen LogP contribution is 2.25. The van der Waals surface area contributed by atoms with Crippen LogP contribution in [0, 0.1) is 11.3 Å². The van der Waals surface area contributed by atoms with Crippen LogP contribution in [-0.2, 0) is 0 Å². The molecular formula is C15H32N2. The van der Waals surface area contributed by atoms with E-state index in [1.54, 1.807) is 0 Å². The molecule has 0 aromatic carbocycles. The molecule has 2 heteroatoms. The van der Waals surface area contributed by atoms with Gasteiger partial charge in [0.2, 0.25) is 0 Å². The first-order chi connectivity index (χ1) is 7.93. The lowest BCUT2D eigenvalue weighted by Gasteiger charge is -2.31. The van der Waals surface area contributed by atoms with Crippen LogP contribution < -0.4 is 5.32 Å².